The van der Waals surface area contributed by atoms with Gasteiger partial charge < -0.3 is 0 Å². The first-order chi connectivity index (χ1) is 8.09. The van der Waals surface area contributed by atoms with Crippen LogP contribution < -0.4 is 5.56 Å². The van der Waals surface area contributed by atoms with Crippen molar-refractivity contribution < 1.29 is 4.39 Å². The number of nitrogens with zero attached hydrogens (tertiary/aromatic N) is 2. The highest BCUT2D eigenvalue weighted by Gasteiger charge is 2.07. The minimum atomic E-state index is -0.349. The third kappa shape index (κ3) is 2.63. The van der Waals surface area contributed by atoms with Gasteiger partial charge >= 0.3 is 0 Å². The number of hydrogen-bond acceptors (Lipinski definition) is 2. The van der Waals surface area contributed by atoms with Crippen LogP contribution in [0.2, 0.25) is 0 Å². The molecule has 2 rings (SSSR count). The molecule has 2 aromatic rings. The molecule has 0 fully saturated rings. The zero-order valence-corrected chi connectivity index (χ0v) is 11.7. The molecule has 0 aliphatic rings. The standard InChI is InChI=1S/C11H7Br2FN2O/c12-8-4-15-6-16(11(8)17)5-7-2-1-3-9(14)10(7)13/h1-4,6H,5H2. The molecule has 0 bridgehead atoms. The normalized spacial score (nSPS) is 10.5. The summed E-state index contributed by atoms with van der Waals surface area (Å²) in [5.74, 6) is -0.349. The monoisotopic (exact) mass is 360 g/mol. The molecule has 88 valence electrons. The molecule has 1 aromatic heterocycles. The van der Waals surface area contributed by atoms with Crippen molar-refractivity contribution in [2.75, 3.05) is 0 Å². The predicted molar refractivity (Wildman–Crippen MR) is 69.4 cm³/mol. The van der Waals surface area contributed by atoms with Gasteiger partial charge in [-0.25, -0.2) is 9.37 Å². The average Bonchev–Trinajstić information content (AvgIpc) is 2.31. The topological polar surface area (TPSA) is 34.9 Å². The fourth-order valence-corrected chi connectivity index (χ4v) is 2.13. The van der Waals surface area contributed by atoms with Crippen molar-refractivity contribution in [3.05, 3.63) is 61.4 Å². The Kier molecular flexibility index (Phi) is 3.73. The number of benzene rings is 1. The van der Waals surface area contributed by atoms with Crippen molar-refractivity contribution in [2.45, 2.75) is 6.54 Å². The Labute approximate surface area is 114 Å². The van der Waals surface area contributed by atoms with Crippen LogP contribution >= 0.6 is 31.9 Å². The summed E-state index contributed by atoms with van der Waals surface area (Å²) in [5.41, 5.74) is 0.489. The van der Waals surface area contributed by atoms with E-state index < -0.39 is 0 Å². The molecule has 0 unspecified atom stereocenters. The highest BCUT2D eigenvalue weighted by atomic mass is 79.9. The summed E-state index contributed by atoms with van der Waals surface area (Å²) in [4.78, 5) is 15.6. The van der Waals surface area contributed by atoms with E-state index >= 15 is 0 Å². The SMILES string of the molecule is O=c1c(Br)cncn1Cc1cccc(F)c1Br. The molecule has 6 heteroatoms. The Morgan fingerprint density at radius 3 is 2.88 bits per heavy atom. The van der Waals surface area contributed by atoms with E-state index in [0.29, 0.717) is 14.5 Å². The summed E-state index contributed by atoms with van der Waals surface area (Å²) in [6, 6.07) is 4.71. The maximum absolute atomic E-state index is 13.3. The van der Waals surface area contributed by atoms with E-state index in [1.165, 1.54) is 23.2 Å². The first kappa shape index (κ1) is 12.4. The highest BCUT2D eigenvalue weighted by molar-refractivity contribution is 9.10. The van der Waals surface area contributed by atoms with E-state index in [4.69, 9.17) is 0 Å². The smallest absolute Gasteiger partial charge is 0.267 e. The summed E-state index contributed by atoms with van der Waals surface area (Å²) in [6.45, 7) is 0.267. The third-order valence-electron chi connectivity index (χ3n) is 2.23. The van der Waals surface area contributed by atoms with Gasteiger partial charge in [0, 0.05) is 6.20 Å². The lowest BCUT2D eigenvalue weighted by molar-refractivity contribution is 0.614. The Hall–Kier alpha value is -1.01. The zero-order valence-electron chi connectivity index (χ0n) is 8.53. The summed E-state index contributed by atoms with van der Waals surface area (Å²) in [5, 5.41) is 0. The molecule has 17 heavy (non-hydrogen) atoms. The van der Waals surface area contributed by atoms with E-state index in [1.54, 1.807) is 12.1 Å². The van der Waals surface area contributed by atoms with Crippen LogP contribution in [0.1, 0.15) is 5.56 Å². The lowest BCUT2D eigenvalue weighted by Crippen LogP contribution is -2.21. The minimum Gasteiger partial charge on any atom is -0.294 e. The van der Waals surface area contributed by atoms with Crippen LogP contribution in [-0.4, -0.2) is 9.55 Å². The number of hydrogen-bond donors (Lipinski definition) is 0. The fraction of sp³-hybridized carbons (Fsp3) is 0.0909. The van der Waals surface area contributed by atoms with Gasteiger partial charge in [0.05, 0.1) is 17.3 Å². The molecule has 0 saturated heterocycles. The molecular weight excluding hydrogens is 355 g/mol. The molecule has 0 aliphatic heterocycles. The minimum absolute atomic E-state index is 0.198. The summed E-state index contributed by atoms with van der Waals surface area (Å²) in [6.07, 6.45) is 2.85. The number of aromatic nitrogens is 2. The first-order valence-corrected chi connectivity index (χ1v) is 6.31. The van der Waals surface area contributed by atoms with Gasteiger partial charge in [-0.2, -0.15) is 0 Å². The van der Waals surface area contributed by atoms with Crippen molar-refractivity contribution in [1.29, 1.82) is 0 Å². The Bertz CT molecular complexity index is 613. The van der Waals surface area contributed by atoms with Crippen LogP contribution in [0, 0.1) is 5.82 Å². The number of rotatable bonds is 2. The van der Waals surface area contributed by atoms with Crippen molar-refractivity contribution in [3.8, 4) is 0 Å². The maximum atomic E-state index is 13.3. The summed E-state index contributed by atoms with van der Waals surface area (Å²) < 4.78 is 15.5. The molecular formula is C11H7Br2FN2O. The molecule has 1 aromatic carbocycles. The Morgan fingerprint density at radius 1 is 1.35 bits per heavy atom. The Morgan fingerprint density at radius 2 is 2.12 bits per heavy atom. The molecule has 3 nitrogen and oxygen atoms in total. The van der Waals surface area contributed by atoms with E-state index in [0.717, 1.165) is 0 Å². The van der Waals surface area contributed by atoms with Gasteiger partial charge in [0.25, 0.3) is 5.56 Å². The van der Waals surface area contributed by atoms with Gasteiger partial charge in [0.1, 0.15) is 10.3 Å². The maximum Gasteiger partial charge on any atom is 0.267 e. The molecule has 0 atom stereocenters. The average molecular weight is 362 g/mol. The van der Waals surface area contributed by atoms with Gasteiger partial charge in [0.15, 0.2) is 0 Å². The fourth-order valence-electron chi connectivity index (χ4n) is 1.39. The van der Waals surface area contributed by atoms with Crippen LogP contribution in [0.5, 0.6) is 0 Å². The van der Waals surface area contributed by atoms with E-state index in [2.05, 4.69) is 36.8 Å². The van der Waals surface area contributed by atoms with Crippen LogP contribution in [-0.2, 0) is 6.54 Å². The van der Waals surface area contributed by atoms with Gasteiger partial charge in [-0.15, -0.1) is 0 Å². The van der Waals surface area contributed by atoms with Gasteiger partial charge in [-0.1, -0.05) is 12.1 Å². The zero-order chi connectivity index (χ0) is 12.4. The predicted octanol–water partition coefficient (Wildman–Crippen LogP) is 2.96. The van der Waals surface area contributed by atoms with Crippen LogP contribution in [0.25, 0.3) is 0 Å². The highest BCUT2D eigenvalue weighted by Crippen LogP contribution is 2.20. The lowest BCUT2D eigenvalue weighted by atomic mass is 10.2. The van der Waals surface area contributed by atoms with E-state index in [-0.39, 0.29) is 17.9 Å². The van der Waals surface area contributed by atoms with Crippen LogP contribution in [0.3, 0.4) is 0 Å². The van der Waals surface area contributed by atoms with Crippen LogP contribution in [0.4, 0.5) is 4.39 Å². The lowest BCUT2D eigenvalue weighted by Gasteiger charge is -2.07. The molecule has 0 spiro atoms. The molecule has 0 saturated carbocycles. The second-order valence-corrected chi connectivity index (χ2v) is 5.03. The van der Waals surface area contributed by atoms with E-state index in [9.17, 15) is 9.18 Å². The van der Waals surface area contributed by atoms with Gasteiger partial charge in [-0.05, 0) is 43.5 Å². The van der Waals surface area contributed by atoms with Crippen molar-refractivity contribution in [2.24, 2.45) is 0 Å². The molecule has 0 amide bonds. The molecule has 1 heterocycles. The first-order valence-electron chi connectivity index (χ1n) is 4.72. The molecule has 0 aliphatic carbocycles. The second kappa shape index (κ2) is 5.10. The quantitative estimate of drug-likeness (QED) is 0.824. The van der Waals surface area contributed by atoms with Gasteiger partial charge in [-0.3, -0.25) is 9.36 Å². The molecule has 0 N–H and O–H groups in total. The Balaban J connectivity index is 2.42. The van der Waals surface area contributed by atoms with Gasteiger partial charge in [0.2, 0.25) is 0 Å². The molecule has 0 radical (unpaired) electrons. The largest absolute Gasteiger partial charge is 0.294 e. The third-order valence-corrected chi connectivity index (χ3v) is 3.66. The van der Waals surface area contributed by atoms with Crippen molar-refractivity contribution >= 4 is 31.9 Å². The summed E-state index contributed by atoms with van der Waals surface area (Å²) >= 11 is 6.27. The second-order valence-electron chi connectivity index (χ2n) is 3.39. The summed E-state index contributed by atoms with van der Waals surface area (Å²) in [7, 11) is 0. The van der Waals surface area contributed by atoms with Crippen molar-refractivity contribution in [3.63, 3.8) is 0 Å². The van der Waals surface area contributed by atoms with Crippen molar-refractivity contribution in [1.82, 2.24) is 9.55 Å². The van der Waals surface area contributed by atoms with E-state index in [1.807, 2.05) is 0 Å². The number of halogens is 3. The van der Waals surface area contributed by atoms with Crippen LogP contribution in [0.15, 0.2) is 44.5 Å².